The summed E-state index contributed by atoms with van der Waals surface area (Å²) in [7, 11) is -3.80. The highest BCUT2D eigenvalue weighted by Gasteiger charge is 2.26. The molecule has 8 heteroatoms. The van der Waals surface area contributed by atoms with Gasteiger partial charge in [0.05, 0.1) is 23.1 Å². The minimum Gasteiger partial charge on any atom is -0.492 e. The number of nitrogens with zero attached hydrogens (tertiary/aromatic N) is 1. The van der Waals surface area contributed by atoms with Crippen LogP contribution in [0.5, 0.6) is 5.75 Å². The summed E-state index contributed by atoms with van der Waals surface area (Å²) >= 11 is 6.07. The molecule has 0 aliphatic heterocycles. The van der Waals surface area contributed by atoms with E-state index in [1.807, 2.05) is 13.8 Å². The van der Waals surface area contributed by atoms with Crippen molar-refractivity contribution in [2.24, 2.45) is 0 Å². The Morgan fingerprint density at radius 2 is 2.00 bits per heavy atom. The van der Waals surface area contributed by atoms with E-state index in [9.17, 15) is 13.2 Å². The lowest BCUT2D eigenvalue weighted by Gasteiger charge is -2.20. The standard InChI is InChI=1S/C16H25ClN2O4S/c1-4-7-10-18-16(20)12-19(5-2)24(21,22)13-8-9-15(23-6-3)14(17)11-13/h8-9,11H,4-7,10,12H2,1-3H3,(H,18,20). The van der Waals surface area contributed by atoms with Gasteiger partial charge in [-0.15, -0.1) is 0 Å². The molecule has 0 fully saturated rings. The maximum absolute atomic E-state index is 12.7. The quantitative estimate of drug-likeness (QED) is 0.637. The molecule has 1 aromatic carbocycles. The predicted octanol–water partition coefficient (Wildman–Crippen LogP) is 2.67. The Balaban J connectivity index is 2.91. The molecular weight excluding hydrogens is 352 g/mol. The number of carbonyl (C=O) groups is 1. The summed E-state index contributed by atoms with van der Waals surface area (Å²) in [5.41, 5.74) is 0. The summed E-state index contributed by atoms with van der Waals surface area (Å²) in [5.74, 6) is 0.115. The van der Waals surface area contributed by atoms with E-state index in [1.165, 1.54) is 18.2 Å². The lowest BCUT2D eigenvalue weighted by atomic mass is 10.3. The summed E-state index contributed by atoms with van der Waals surface area (Å²) in [6.45, 7) is 6.48. The zero-order valence-corrected chi connectivity index (χ0v) is 15.9. The lowest BCUT2D eigenvalue weighted by molar-refractivity contribution is -0.121. The number of amides is 1. The summed E-state index contributed by atoms with van der Waals surface area (Å²) in [6.07, 6.45) is 1.82. The Bertz CT molecular complexity index is 649. The first-order valence-electron chi connectivity index (χ1n) is 8.05. The predicted molar refractivity (Wildman–Crippen MR) is 95.0 cm³/mol. The van der Waals surface area contributed by atoms with Crippen LogP contribution in [-0.4, -0.2) is 44.9 Å². The molecule has 0 radical (unpaired) electrons. The van der Waals surface area contributed by atoms with Gasteiger partial charge in [-0.2, -0.15) is 4.31 Å². The summed E-state index contributed by atoms with van der Waals surface area (Å²) in [4.78, 5) is 11.9. The van der Waals surface area contributed by atoms with Crippen LogP contribution in [0, 0.1) is 0 Å². The fourth-order valence-electron chi connectivity index (χ4n) is 2.05. The topological polar surface area (TPSA) is 75.7 Å². The van der Waals surface area contributed by atoms with Crippen molar-refractivity contribution >= 4 is 27.5 Å². The van der Waals surface area contributed by atoms with Crippen LogP contribution in [0.25, 0.3) is 0 Å². The molecule has 24 heavy (non-hydrogen) atoms. The van der Waals surface area contributed by atoms with E-state index in [0.29, 0.717) is 18.9 Å². The van der Waals surface area contributed by atoms with Gasteiger partial charge >= 0.3 is 0 Å². The van der Waals surface area contributed by atoms with Gasteiger partial charge in [0.1, 0.15) is 5.75 Å². The molecule has 0 saturated heterocycles. The molecule has 1 N–H and O–H groups in total. The molecule has 1 aromatic rings. The molecular formula is C16H25ClN2O4S. The highest BCUT2D eigenvalue weighted by Crippen LogP contribution is 2.28. The van der Waals surface area contributed by atoms with Crippen molar-refractivity contribution in [2.75, 3.05) is 26.2 Å². The zero-order valence-electron chi connectivity index (χ0n) is 14.3. The maximum Gasteiger partial charge on any atom is 0.243 e. The molecule has 0 aromatic heterocycles. The van der Waals surface area contributed by atoms with Crippen LogP contribution >= 0.6 is 11.6 Å². The summed E-state index contributed by atoms with van der Waals surface area (Å²) in [5, 5.41) is 2.94. The molecule has 0 aliphatic rings. The molecule has 0 aliphatic carbocycles. The zero-order chi connectivity index (χ0) is 18.2. The van der Waals surface area contributed by atoms with Crippen LogP contribution in [0.1, 0.15) is 33.6 Å². The van der Waals surface area contributed by atoms with Crippen molar-refractivity contribution in [3.05, 3.63) is 23.2 Å². The van der Waals surface area contributed by atoms with E-state index < -0.39 is 10.0 Å². The molecule has 0 bridgehead atoms. The van der Waals surface area contributed by atoms with Gasteiger partial charge in [-0.05, 0) is 31.5 Å². The monoisotopic (exact) mass is 376 g/mol. The molecule has 1 rings (SSSR count). The highest BCUT2D eigenvalue weighted by atomic mass is 35.5. The molecule has 136 valence electrons. The van der Waals surface area contributed by atoms with Crippen LogP contribution in [-0.2, 0) is 14.8 Å². The molecule has 0 heterocycles. The SMILES string of the molecule is CCCCNC(=O)CN(CC)S(=O)(=O)c1ccc(OCC)c(Cl)c1. The third-order valence-electron chi connectivity index (χ3n) is 3.37. The van der Waals surface area contributed by atoms with Crippen molar-refractivity contribution in [3.8, 4) is 5.75 Å². The Labute approximate surface area is 149 Å². The number of hydrogen-bond donors (Lipinski definition) is 1. The van der Waals surface area contributed by atoms with Gasteiger partial charge in [0.2, 0.25) is 15.9 Å². The Kier molecular flexibility index (Phi) is 8.52. The summed E-state index contributed by atoms with van der Waals surface area (Å²) < 4.78 is 31.8. The number of unbranched alkanes of at least 4 members (excludes halogenated alkanes) is 1. The highest BCUT2D eigenvalue weighted by molar-refractivity contribution is 7.89. The second-order valence-corrected chi connectivity index (χ2v) is 7.51. The van der Waals surface area contributed by atoms with Crippen molar-refractivity contribution in [3.63, 3.8) is 0 Å². The van der Waals surface area contributed by atoms with Crippen LogP contribution < -0.4 is 10.1 Å². The third kappa shape index (κ3) is 5.65. The molecule has 0 saturated carbocycles. The number of benzene rings is 1. The second-order valence-electron chi connectivity index (χ2n) is 5.16. The fourth-order valence-corrected chi connectivity index (χ4v) is 3.78. The second kappa shape index (κ2) is 9.86. The van der Waals surface area contributed by atoms with Gasteiger partial charge in [-0.3, -0.25) is 4.79 Å². The van der Waals surface area contributed by atoms with Crippen molar-refractivity contribution in [1.29, 1.82) is 0 Å². The third-order valence-corrected chi connectivity index (χ3v) is 5.58. The minimum absolute atomic E-state index is 0.0409. The van der Waals surface area contributed by atoms with Crippen LogP contribution in [0.3, 0.4) is 0 Å². The van der Waals surface area contributed by atoms with Gasteiger partial charge < -0.3 is 10.1 Å². The first-order valence-corrected chi connectivity index (χ1v) is 9.87. The van der Waals surface area contributed by atoms with Gasteiger partial charge in [-0.1, -0.05) is 31.9 Å². The average molecular weight is 377 g/mol. The van der Waals surface area contributed by atoms with Gasteiger partial charge in [0, 0.05) is 13.1 Å². The van der Waals surface area contributed by atoms with E-state index in [4.69, 9.17) is 16.3 Å². The lowest BCUT2D eigenvalue weighted by Crippen LogP contribution is -2.40. The average Bonchev–Trinajstić information content (AvgIpc) is 2.54. The first-order chi connectivity index (χ1) is 11.4. The number of likely N-dealkylation sites (N-methyl/N-ethyl adjacent to an activating group) is 1. The molecule has 6 nitrogen and oxygen atoms in total. The van der Waals surface area contributed by atoms with Crippen LogP contribution in [0.2, 0.25) is 5.02 Å². The minimum atomic E-state index is -3.80. The van der Waals surface area contributed by atoms with Crippen LogP contribution in [0.4, 0.5) is 0 Å². The molecule has 0 spiro atoms. The van der Waals surface area contributed by atoms with Crippen LogP contribution in [0.15, 0.2) is 23.1 Å². The number of halogens is 1. The van der Waals surface area contributed by atoms with E-state index in [2.05, 4.69) is 5.32 Å². The number of ether oxygens (including phenoxy) is 1. The molecule has 0 atom stereocenters. The van der Waals surface area contributed by atoms with Crippen molar-refractivity contribution < 1.29 is 17.9 Å². The van der Waals surface area contributed by atoms with Gasteiger partial charge in [0.15, 0.2) is 0 Å². The number of carbonyl (C=O) groups excluding carboxylic acids is 1. The van der Waals surface area contributed by atoms with Crippen molar-refractivity contribution in [1.82, 2.24) is 9.62 Å². The normalized spacial score (nSPS) is 11.5. The molecule has 1 amide bonds. The largest absolute Gasteiger partial charge is 0.492 e. The first kappa shape index (κ1) is 20.7. The number of rotatable bonds is 10. The summed E-state index contributed by atoms with van der Waals surface area (Å²) in [6, 6.07) is 4.30. The Morgan fingerprint density at radius 3 is 2.54 bits per heavy atom. The number of hydrogen-bond acceptors (Lipinski definition) is 4. The van der Waals surface area contributed by atoms with Crippen molar-refractivity contribution in [2.45, 2.75) is 38.5 Å². The fraction of sp³-hybridized carbons (Fsp3) is 0.562. The van der Waals surface area contributed by atoms with Gasteiger partial charge in [0.25, 0.3) is 0 Å². The van der Waals surface area contributed by atoms with E-state index in [1.54, 1.807) is 6.92 Å². The number of nitrogens with one attached hydrogen (secondary N) is 1. The van der Waals surface area contributed by atoms with E-state index in [0.717, 1.165) is 17.1 Å². The Morgan fingerprint density at radius 1 is 1.29 bits per heavy atom. The maximum atomic E-state index is 12.7. The van der Waals surface area contributed by atoms with E-state index >= 15 is 0 Å². The van der Waals surface area contributed by atoms with E-state index in [-0.39, 0.29) is 28.9 Å². The number of sulfonamides is 1. The molecule has 0 unspecified atom stereocenters. The van der Waals surface area contributed by atoms with Gasteiger partial charge in [-0.25, -0.2) is 8.42 Å². The smallest absolute Gasteiger partial charge is 0.243 e. The Hall–Kier alpha value is -1.31.